The van der Waals surface area contributed by atoms with Crippen molar-refractivity contribution in [2.45, 2.75) is 6.10 Å². The second-order valence-corrected chi connectivity index (χ2v) is 6.68. The fourth-order valence-electron chi connectivity index (χ4n) is 2.49. The van der Waals surface area contributed by atoms with E-state index in [1.165, 1.54) is 12.3 Å². The first kappa shape index (κ1) is 20.6. The maximum Gasteiger partial charge on any atom is 0.340 e. The average Bonchev–Trinajstić information content (AvgIpc) is 2.74. The topological polar surface area (TPSA) is 77.5 Å². The highest BCUT2D eigenvalue weighted by Gasteiger charge is 2.26. The number of nitrogens with zero attached hydrogens (tertiary/aromatic N) is 1. The van der Waals surface area contributed by atoms with Gasteiger partial charge in [-0.25, -0.2) is 9.78 Å². The Kier molecular flexibility index (Phi) is 6.69. The molecule has 1 heterocycles. The second-order valence-electron chi connectivity index (χ2n) is 5.91. The van der Waals surface area contributed by atoms with Crippen LogP contribution in [0.25, 0.3) is 0 Å². The molecule has 0 saturated carbocycles. The molecule has 29 heavy (non-hydrogen) atoms. The summed E-state index contributed by atoms with van der Waals surface area (Å²) < 4.78 is 10.6. The number of esters is 1. The molecule has 0 bridgehead atoms. The number of amides is 1. The van der Waals surface area contributed by atoms with Crippen LogP contribution in [0.15, 0.2) is 66.9 Å². The Bertz CT molecular complexity index is 1010. The number of ether oxygens (including phenoxy) is 2. The zero-order valence-electron chi connectivity index (χ0n) is 15.3. The van der Waals surface area contributed by atoms with Gasteiger partial charge in [-0.05, 0) is 30.3 Å². The highest BCUT2D eigenvalue weighted by Crippen LogP contribution is 2.25. The van der Waals surface area contributed by atoms with Gasteiger partial charge in [0.2, 0.25) is 6.10 Å². The number of benzene rings is 2. The standard InChI is InChI=1S/C21H16Cl2N2O4/c1-28-16-9-7-15(8-10-16)25-20(26)18(13-5-3-2-4-6-13)29-21(27)14-11-17(22)19(23)24-12-14/h2-12,18H,1H3,(H,25,26). The summed E-state index contributed by atoms with van der Waals surface area (Å²) in [6, 6.07) is 16.8. The van der Waals surface area contributed by atoms with E-state index in [-0.39, 0.29) is 15.7 Å². The fourth-order valence-corrected chi connectivity index (χ4v) is 2.76. The molecule has 0 radical (unpaired) electrons. The maximum atomic E-state index is 12.9. The third-order valence-corrected chi connectivity index (χ3v) is 4.64. The molecule has 3 aromatic rings. The van der Waals surface area contributed by atoms with Crippen molar-refractivity contribution in [3.05, 3.63) is 88.2 Å². The lowest BCUT2D eigenvalue weighted by molar-refractivity contribution is -0.125. The van der Waals surface area contributed by atoms with Gasteiger partial charge in [0.1, 0.15) is 10.9 Å². The van der Waals surface area contributed by atoms with Crippen LogP contribution in [0, 0.1) is 0 Å². The van der Waals surface area contributed by atoms with Gasteiger partial charge in [-0.15, -0.1) is 0 Å². The SMILES string of the molecule is COc1ccc(NC(=O)C(OC(=O)c2cnc(Cl)c(Cl)c2)c2ccccc2)cc1. The maximum absolute atomic E-state index is 12.9. The van der Waals surface area contributed by atoms with Gasteiger partial charge in [0.05, 0.1) is 17.7 Å². The number of hydrogen-bond acceptors (Lipinski definition) is 5. The van der Waals surface area contributed by atoms with Crippen LogP contribution >= 0.6 is 23.2 Å². The minimum absolute atomic E-state index is 0.0695. The molecule has 0 fully saturated rings. The zero-order valence-corrected chi connectivity index (χ0v) is 16.8. The Labute approximate surface area is 177 Å². The molecule has 1 unspecified atom stereocenters. The van der Waals surface area contributed by atoms with Crippen LogP contribution in [0.1, 0.15) is 22.0 Å². The fraction of sp³-hybridized carbons (Fsp3) is 0.0952. The lowest BCUT2D eigenvalue weighted by atomic mass is 10.1. The summed E-state index contributed by atoms with van der Waals surface area (Å²) in [4.78, 5) is 29.3. The van der Waals surface area contributed by atoms with Gasteiger partial charge in [0, 0.05) is 17.4 Å². The van der Waals surface area contributed by atoms with E-state index in [2.05, 4.69) is 10.3 Å². The van der Waals surface area contributed by atoms with E-state index in [1.54, 1.807) is 61.7 Å². The molecule has 0 aliphatic carbocycles. The first-order valence-corrected chi connectivity index (χ1v) is 9.25. The average molecular weight is 431 g/mol. The number of anilines is 1. The van der Waals surface area contributed by atoms with Crippen molar-refractivity contribution in [1.82, 2.24) is 4.98 Å². The molecule has 1 aromatic heterocycles. The number of pyridine rings is 1. The normalized spacial score (nSPS) is 11.4. The van der Waals surface area contributed by atoms with Crippen molar-refractivity contribution in [2.24, 2.45) is 0 Å². The van der Waals surface area contributed by atoms with Gasteiger partial charge in [-0.3, -0.25) is 4.79 Å². The number of carbonyl (C=O) groups excluding carboxylic acids is 2. The minimum Gasteiger partial charge on any atom is -0.497 e. The van der Waals surface area contributed by atoms with Crippen LogP contribution in [0.2, 0.25) is 10.2 Å². The van der Waals surface area contributed by atoms with Gasteiger partial charge >= 0.3 is 5.97 Å². The summed E-state index contributed by atoms with van der Waals surface area (Å²) in [7, 11) is 1.55. The zero-order chi connectivity index (χ0) is 20.8. The van der Waals surface area contributed by atoms with Crippen molar-refractivity contribution in [2.75, 3.05) is 12.4 Å². The van der Waals surface area contributed by atoms with Gasteiger partial charge in [0.25, 0.3) is 5.91 Å². The molecule has 0 spiro atoms. The molecule has 148 valence electrons. The van der Waals surface area contributed by atoms with Gasteiger partial charge in [-0.2, -0.15) is 0 Å². The number of aromatic nitrogens is 1. The van der Waals surface area contributed by atoms with E-state index in [0.717, 1.165) is 0 Å². The van der Waals surface area contributed by atoms with Crippen molar-refractivity contribution >= 4 is 40.8 Å². The molecule has 0 aliphatic heterocycles. The largest absolute Gasteiger partial charge is 0.497 e. The molecule has 0 aliphatic rings. The number of carbonyl (C=O) groups is 2. The number of rotatable bonds is 6. The number of halogens is 2. The van der Waals surface area contributed by atoms with Crippen LogP contribution < -0.4 is 10.1 Å². The third kappa shape index (κ3) is 5.25. The van der Waals surface area contributed by atoms with Crippen molar-refractivity contribution in [1.29, 1.82) is 0 Å². The van der Waals surface area contributed by atoms with E-state index >= 15 is 0 Å². The van der Waals surface area contributed by atoms with Crippen molar-refractivity contribution in [3.8, 4) is 5.75 Å². The summed E-state index contributed by atoms with van der Waals surface area (Å²) in [6.07, 6.45) is 0.0558. The van der Waals surface area contributed by atoms with Crippen LogP contribution in [0.3, 0.4) is 0 Å². The van der Waals surface area contributed by atoms with E-state index in [0.29, 0.717) is 17.0 Å². The summed E-state index contributed by atoms with van der Waals surface area (Å²) in [5, 5.41) is 2.92. The van der Waals surface area contributed by atoms with E-state index in [9.17, 15) is 9.59 Å². The molecule has 0 saturated heterocycles. The van der Waals surface area contributed by atoms with E-state index in [1.807, 2.05) is 0 Å². The van der Waals surface area contributed by atoms with Gasteiger partial charge < -0.3 is 14.8 Å². The Balaban J connectivity index is 1.83. The van der Waals surface area contributed by atoms with Crippen molar-refractivity contribution in [3.63, 3.8) is 0 Å². The van der Waals surface area contributed by atoms with Crippen LogP contribution in [0.5, 0.6) is 5.75 Å². The monoisotopic (exact) mass is 430 g/mol. The third-order valence-electron chi connectivity index (χ3n) is 3.95. The highest BCUT2D eigenvalue weighted by atomic mass is 35.5. The number of nitrogens with one attached hydrogen (secondary N) is 1. The summed E-state index contributed by atoms with van der Waals surface area (Å²) >= 11 is 11.7. The molecule has 1 atom stereocenters. The molecule has 2 aromatic carbocycles. The summed E-state index contributed by atoms with van der Waals surface area (Å²) in [5.41, 5.74) is 1.13. The Hall–Kier alpha value is -3.09. The summed E-state index contributed by atoms with van der Waals surface area (Å²) in [6.45, 7) is 0. The van der Waals surface area contributed by atoms with Crippen LogP contribution in [0.4, 0.5) is 5.69 Å². The van der Waals surface area contributed by atoms with Crippen LogP contribution in [-0.2, 0) is 9.53 Å². The minimum atomic E-state index is -1.18. The highest BCUT2D eigenvalue weighted by molar-refractivity contribution is 6.41. The quantitative estimate of drug-likeness (QED) is 0.442. The van der Waals surface area contributed by atoms with E-state index < -0.39 is 18.0 Å². The number of methoxy groups -OCH3 is 1. The first-order valence-electron chi connectivity index (χ1n) is 8.50. The van der Waals surface area contributed by atoms with E-state index in [4.69, 9.17) is 32.7 Å². The summed E-state index contributed by atoms with van der Waals surface area (Å²) in [5.74, 6) is -0.612. The molecule has 8 heteroatoms. The number of hydrogen-bond donors (Lipinski definition) is 1. The molecular weight excluding hydrogens is 415 g/mol. The predicted octanol–water partition coefficient (Wildman–Crippen LogP) is 4.93. The lowest BCUT2D eigenvalue weighted by Crippen LogP contribution is -2.26. The molecule has 1 N–H and O–H groups in total. The molecule has 1 amide bonds. The van der Waals surface area contributed by atoms with Gasteiger partial charge in [0.15, 0.2) is 0 Å². The molecule has 3 rings (SSSR count). The van der Waals surface area contributed by atoms with Crippen LogP contribution in [-0.4, -0.2) is 24.0 Å². The Morgan fingerprint density at radius 1 is 1.03 bits per heavy atom. The predicted molar refractivity (Wildman–Crippen MR) is 110 cm³/mol. The van der Waals surface area contributed by atoms with Gasteiger partial charge in [-0.1, -0.05) is 53.5 Å². The second kappa shape index (κ2) is 9.41. The Morgan fingerprint density at radius 3 is 2.34 bits per heavy atom. The first-order chi connectivity index (χ1) is 14.0. The lowest BCUT2D eigenvalue weighted by Gasteiger charge is -2.18. The smallest absolute Gasteiger partial charge is 0.340 e. The van der Waals surface area contributed by atoms with Crippen molar-refractivity contribution < 1.29 is 19.1 Å². The Morgan fingerprint density at radius 2 is 1.72 bits per heavy atom. The molecular formula is C21H16Cl2N2O4. The molecule has 6 nitrogen and oxygen atoms in total.